The van der Waals surface area contributed by atoms with Crippen molar-refractivity contribution in [2.75, 3.05) is 6.61 Å². The molecule has 2 aromatic carbocycles. The molecule has 2 aromatic rings. The first kappa shape index (κ1) is 17.9. The Morgan fingerprint density at radius 2 is 2.00 bits per heavy atom. The Morgan fingerprint density at radius 1 is 1.32 bits per heavy atom. The Bertz CT molecular complexity index is 813. The van der Waals surface area contributed by atoms with E-state index in [4.69, 9.17) is 4.74 Å². The van der Waals surface area contributed by atoms with E-state index >= 15 is 0 Å². The second kappa shape index (κ2) is 7.91. The number of para-hydroxylation sites is 1. The number of amides is 1. The van der Waals surface area contributed by atoms with Gasteiger partial charge in [-0.1, -0.05) is 18.2 Å². The number of hydrazone groups is 1. The van der Waals surface area contributed by atoms with Crippen molar-refractivity contribution >= 4 is 17.8 Å². The number of aryl methyl sites for hydroxylation is 2. The maximum absolute atomic E-state index is 11.8. The number of aromatic hydroxyl groups is 1. The summed E-state index contributed by atoms with van der Waals surface area (Å²) in [5.41, 5.74) is 4.05. The van der Waals surface area contributed by atoms with Gasteiger partial charge in [-0.05, 0) is 37.1 Å². The lowest BCUT2D eigenvalue weighted by Gasteiger charge is -2.10. The van der Waals surface area contributed by atoms with E-state index < -0.39 is 22.3 Å². The molecule has 25 heavy (non-hydrogen) atoms. The Morgan fingerprint density at radius 3 is 2.64 bits per heavy atom. The molecule has 8 heteroatoms. The highest BCUT2D eigenvalue weighted by molar-refractivity contribution is 5.84. The van der Waals surface area contributed by atoms with Crippen LogP contribution in [0.15, 0.2) is 41.5 Å². The fourth-order valence-corrected chi connectivity index (χ4v) is 2.14. The SMILES string of the molecule is Cc1cccc(C)c1OCC(=O)N/N=C\c1ccc(O)c([N+](=O)[O-])c1. The van der Waals surface area contributed by atoms with Crippen LogP contribution in [0.25, 0.3) is 0 Å². The Kier molecular flexibility index (Phi) is 5.67. The summed E-state index contributed by atoms with van der Waals surface area (Å²) in [4.78, 5) is 21.8. The summed E-state index contributed by atoms with van der Waals surface area (Å²) >= 11 is 0. The predicted molar refractivity (Wildman–Crippen MR) is 91.9 cm³/mol. The van der Waals surface area contributed by atoms with Gasteiger partial charge in [0.05, 0.1) is 11.1 Å². The zero-order valence-electron chi connectivity index (χ0n) is 13.7. The fraction of sp³-hybridized carbons (Fsp3) is 0.176. The minimum absolute atomic E-state index is 0.210. The molecular formula is C17H17N3O5. The number of carbonyl (C=O) groups excluding carboxylic acids is 1. The van der Waals surface area contributed by atoms with Crippen molar-refractivity contribution in [1.82, 2.24) is 5.43 Å². The third kappa shape index (κ3) is 4.77. The van der Waals surface area contributed by atoms with E-state index in [0.717, 1.165) is 17.2 Å². The van der Waals surface area contributed by atoms with Crippen LogP contribution in [0, 0.1) is 24.0 Å². The van der Waals surface area contributed by atoms with E-state index in [0.29, 0.717) is 11.3 Å². The van der Waals surface area contributed by atoms with Crippen LogP contribution in [-0.4, -0.2) is 28.8 Å². The van der Waals surface area contributed by atoms with Gasteiger partial charge in [-0.3, -0.25) is 14.9 Å². The number of rotatable bonds is 6. The van der Waals surface area contributed by atoms with Gasteiger partial charge in [0, 0.05) is 11.6 Å². The maximum Gasteiger partial charge on any atom is 0.311 e. The molecule has 2 rings (SSSR count). The van der Waals surface area contributed by atoms with Crippen molar-refractivity contribution in [2.45, 2.75) is 13.8 Å². The zero-order valence-corrected chi connectivity index (χ0v) is 13.7. The second-order valence-electron chi connectivity index (χ2n) is 5.31. The largest absolute Gasteiger partial charge is 0.502 e. The number of hydrogen-bond donors (Lipinski definition) is 2. The van der Waals surface area contributed by atoms with Gasteiger partial charge < -0.3 is 9.84 Å². The quantitative estimate of drug-likeness (QED) is 0.475. The monoisotopic (exact) mass is 343 g/mol. The first-order valence-electron chi connectivity index (χ1n) is 7.37. The summed E-state index contributed by atoms with van der Waals surface area (Å²) in [5, 5.41) is 23.8. The summed E-state index contributed by atoms with van der Waals surface area (Å²) in [6.07, 6.45) is 1.24. The number of hydrogen-bond acceptors (Lipinski definition) is 6. The molecule has 0 aliphatic rings. The average molecular weight is 343 g/mol. The summed E-state index contributed by atoms with van der Waals surface area (Å²) in [6.45, 7) is 3.56. The first-order chi connectivity index (χ1) is 11.9. The Labute approximate surface area is 143 Å². The Hall–Kier alpha value is -3.42. The van der Waals surface area contributed by atoms with Gasteiger partial charge >= 0.3 is 5.69 Å². The molecule has 0 bridgehead atoms. The number of phenols is 1. The third-order valence-corrected chi connectivity index (χ3v) is 3.36. The van der Waals surface area contributed by atoms with Gasteiger partial charge in [-0.25, -0.2) is 5.43 Å². The highest BCUT2D eigenvalue weighted by Gasteiger charge is 2.12. The molecule has 130 valence electrons. The molecule has 0 heterocycles. The number of ether oxygens (including phenoxy) is 1. The lowest BCUT2D eigenvalue weighted by molar-refractivity contribution is -0.385. The van der Waals surface area contributed by atoms with Crippen molar-refractivity contribution in [2.24, 2.45) is 5.10 Å². The van der Waals surface area contributed by atoms with Gasteiger partial charge in [0.15, 0.2) is 12.4 Å². The van der Waals surface area contributed by atoms with Gasteiger partial charge in [0.25, 0.3) is 5.91 Å². The number of benzene rings is 2. The van der Waals surface area contributed by atoms with Gasteiger partial charge in [0.2, 0.25) is 0 Å². The Balaban J connectivity index is 1.93. The van der Waals surface area contributed by atoms with Crippen molar-refractivity contribution in [3.05, 3.63) is 63.2 Å². The van der Waals surface area contributed by atoms with E-state index in [1.54, 1.807) is 0 Å². The molecule has 8 nitrogen and oxygen atoms in total. The summed E-state index contributed by atoms with van der Waals surface area (Å²) in [7, 11) is 0. The van der Waals surface area contributed by atoms with E-state index in [1.807, 2.05) is 32.0 Å². The molecule has 0 atom stereocenters. The third-order valence-electron chi connectivity index (χ3n) is 3.36. The van der Waals surface area contributed by atoms with Crippen LogP contribution >= 0.6 is 0 Å². The zero-order chi connectivity index (χ0) is 18.4. The van der Waals surface area contributed by atoms with Crippen LogP contribution in [-0.2, 0) is 4.79 Å². The van der Waals surface area contributed by atoms with E-state index in [2.05, 4.69) is 10.5 Å². The van der Waals surface area contributed by atoms with Crippen LogP contribution in [0.4, 0.5) is 5.69 Å². The second-order valence-corrected chi connectivity index (χ2v) is 5.31. The molecule has 0 aromatic heterocycles. The van der Waals surface area contributed by atoms with Crippen molar-refractivity contribution in [3.8, 4) is 11.5 Å². The summed E-state index contributed by atoms with van der Waals surface area (Å²) in [6, 6.07) is 9.44. The van der Waals surface area contributed by atoms with Gasteiger partial charge in [0.1, 0.15) is 5.75 Å². The lowest BCUT2D eigenvalue weighted by Crippen LogP contribution is -2.25. The molecule has 0 saturated carbocycles. The average Bonchev–Trinajstić information content (AvgIpc) is 2.55. The lowest BCUT2D eigenvalue weighted by atomic mass is 10.1. The maximum atomic E-state index is 11.8. The standard InChI is InChI=1S/C17H17N3O5/c1-11-4-3-5-12(2)17(11)25-10-16(22)19-18-9-13-6-7-15(21)14(8-13)20(23)24/h3-9,21H,10H2,1-2H3,(H,19,22)/b18-9-. The van der Waals surface area contributed by atoms with Crippen molar-refractivity contribution in [3.63, 3.8) is 0 Å². The topological polar surface area (TPSA) is 114 Å². The highest BCUT2D eigenvalue weighted by atomic mass is 16.6. The van der Waals surface area contributed by atoms with Crippen LogP contribution < -0.4 is 10.2 Å². The minimum Gasteiger partial charge on any atom is -0.502 e. The molecule has 0 unspecified atom stereocenters. The van der Waals surface area contributed by atoms with E-state index in [9.17, 15) is 20.0 Å². The molecular weight excluding hydrogens is 326 g/mol. The molecule has 0 spiro atoms. The normalized spacial score (nSPS) is 10.6. The number of nitrogens with one attached hydrogen (secondary N) is 1. The number of carbonyl (C=O) groups is 1. The smallest absolute Gasteiger partial charge is 0.311 e. The fourth-order valence-electron chi connectivity index (χ4n) is 2.14. The number of nitrogens with zero attached hydrogens (tertiary/aromatic N) is 2. The van der Waals surface area contributed by atoms with Crippen molar-refractivity contribution < 1.29 is 19.6 Å². The summed E-state index contributed by atoms with van der Waals surface area (Å²) < 4.78 is 5.49. The number of nitro benzene ring substituents is 1. The number of nitro groups is 1. The predicted octanol–water partition coefficient (Wildman–Crippen LogP) is 2.45. The number of phenolic OH excluding ortho intramolecular Hbond substituents is 1. The molecule has 0 aliphatic heterocycles. The molecule has 0 aliphatic carbocycles. The van der Waals surface area contributed by atoms with Gasteiger partial charge in [-0.2, -0.15) is 5.10 Å². The van der Waals surface area contributed by atoms with Crippen LogP contribution in [0.2, 0.25) is 0 Å². The van der Waals surface area contributed by atoms with E-state index in [-0.39, 0.29) is 6.61 Å². The molecule has 0 saturated heterocycles. The van der Waals surface area contributed by atoms with Gasteiger partial charge in [-0.15, -0.1) is 0 Å². The van der Waals surface area contributed by atoms with Crippen LogP contribution in [0.5, 0.6) is 11.5 Å². The minimum atomic E-state index is -0.705. The molecule has 2 N–H and O–H groups in total. The van der Waals surface area contributed by atoms with E-state index in [1.165, 1.54) is 18.3 Å². The first-order valence-corrected chi connectivity index (χ1v) is 7.37. The molecule has 0 radical (unpaired) electrons. The van der Waals surface area contributed by atoms with Crippen molar-refractivity contribution in [1.29, 1.82) is 0 Å². The molecule has 0 fully saturated rings. The summed E-state index contributed by atoms with van der Waals surface area (Å²) in [5.74, 6) is -0.254. The van der Waals surface area contributed by atoms with Crippen LogP contribution in [0.3, 0.4) is 0 Å². The highest BCUT2D eigenvalue weighted by Crippen LogP contribution is 2.25. The van der Waals surface area contributed by atoms with Crippen LogP contribution in [0.1, 0.15) is 16.7 Å². The molecule has 1 amide bonds.